The Kier molecular flexibility index (Phi) is 4.76. The van der Waals surface area contributed by atoms with Gasteiger partial charge in [-0.25, -0.2) is 4.79 Å². The zero-order valence-electron chi connectivity index (χ0n) is 13.4. The third kappa shape index (κ3) is 3.99. The maximum Gasteiger partial charge on any atom is 0.336 e. The standard InChI is InChI=1S/C18H22N2O3/c1-13(21)19-15-6-7-16-14(10-18(22)23-17(16)11-15)12-20-8-4-2-3-5-9-20/h6-7,10-11H,2-5,8-9,12H2,1H3,(H,19,21). The minimum Gasteiger partial charge on any atom is -0.423 e. The number of nitrogens with zero attached hydrogens (tertiary/aromatic N) is 1. The van der Waals surface area contributed by atoms with Crippen LogP contribution in [0.1, 0.15) is 38.2 Å². The molecular formula is C18H22N2O3. The molecule has 0 saturated carbocycles. The number of anilines is 1. The summed E-state index contributed by atoms with van der Waals surface area (Å²) in [6.45, 7) is 4.37. The van der Waals surface area contributed by atoms with Gasteiger partial charge < -0.3 is 9.73 Å². The third-order valence-corrected chi connectivity index (χ3v) is 4.24. The van der Waals surface area contributed by atoms with Crippen LogP contribution in [0.4, 0.5) is 5.69 Å². The average molecular weight is 314 g/mol. The first-order valence-electron chi connectivity index (χ1n) is 8.18. The van der Waals surface area contributed by atoms with Crippen molar-refractivity contribution in [2.24, 2.45) is 0 Å². The smallest absolute Gasteiger partial charge is 0.336 e. The highest BCUT2D eigenvalue weighted by atomic mass is 16.4. The zero-order chi connectivity index (χ0) is 16.2. The quantitative estimate of drug-likeness (QED) is 0.884. The molecule has 5 nitrogen and oxygen atoms in total. The second-order valence-electron chi connectivity index (χ2n) is 6.17. The van der Waals surface area contributed by atoms with Gasteiger partial charge in [-0.05, 0) is 43.6 Å². The Morgan fingerprint density at radius 1 is 1.17 bits per heavy atom. The fourth-order valence-electron chi connectivity index (χ4n) is 3.18. The molecule has 0 unspecified atom stereocenters. The summed E-state index contributed by atoms with van der Waals surface area (Å²) in [5.41, 5.74) is 1.81. The highest BCUT2D eigenvalue weighted by Gasteiger charge is 2.13. The minimum absolute atomic E-state index is 0.146. The van der Waals surface area contributed by atoms with E-state index in [1.165, 1.54) is 32.6 Å². The van der Waals surface area contributed by atoms with Gasteiger partial charge in [-0.1, -0.05) is 12.8 Å². The van der Waals surface area contributed by atoms with Crippen LogP contribution < -0.4 is 10.9 Å². The molecule has 2 heterocycles. The lowest BCUT2D eigenvalue weighted by molar-refractivity contribution is -0.114. The van der Waals surface area contributed by atoms with Crippen LogP contribution in [-0.4, -0.2) is 23.9 Å². The molecule has 0 aliphatic carbocycles. The van der Waals surface area contributed by atoms with Gasteiger partial charge in [0.05, 0.1) is 0 Å². The van der Waals surface area contributed by atoms with E-state index >= 15 is 0 Å². The fraction of sp³-hybridized carbons (Fsp3) is 0.444. The molecule has 0 radical (unpaired) electrons. The van der Waals surface area contributed by atoms with E-state index in [9.17, 15) is 9.59 Å². The van der Waals surface area contributed by atoms with Gasteiger partial charge in [0.15, 0.2) is 0 Å². The van der Waals surface area contributed by atoms with Gasteiger partial charge in [-0.15, -0.1) is 0 Å². The van der Waals surface area contributed by atoms with Gasteiger partial charge in [0.25, 0.3) is 0 Å². The van der Waals surface area contributed by atoms with Gasteiger partial charge in [0.2, 0.25) is 5.91 Å². The van der Waals surface area contributed by atoms with E-state index in [1.54, 1.807) is 12.1 Å². The normalized spacial score (nSPS) is 16.2. The lowest BCUT2D eigenvalue weighted by atomic mass is 10.1. The van der Waals surface area contributed by atoms with Crippen LogP contribution in [0.25, 0.3) is 11.0 Å². The van der Waals surface area contributed by atoms with Gasteiger partial charge in [-0.3, -0.25) is 9.69 Å². The molecule has 1 aliphatic rings. The molecule has 1 amide bonds. The highest BCUT2D eigenvalue weighted by molar-refractivity contribution is 5.92. The summed E-state index contributed by atoms with van der Waals surface area (Å²) in [6, 6.07) is 7.06. The summed E-state index contributed by atoms with van der Waals surface area (Å²) in [6.07, 6.45) is 5.00. The number of carbonyl (C=O) groups excluding carboxylic acids is 1. The summed E-state index contributed by atoms with van der Waals surface area (Å²) in [4.78, 5) is 25.4. The SMILES string of the molecule is CC(=O)Nc1ccc2c(CN3CCCCCC3)cc(=O)oc2c1. The molecule has 2 aromatic rings. The number of carbonyl (C=O) groups is 1. The lowest BCUT2D eigenvalue weighted by Crippen LogP contribution is -2.24. The molecule has 122 valence electrons. The Labute approximate surface area is 135 Å². The van der Waals surface area contributed by atoms with E-state index in [0.717, 1.165) is 30.6 Å². The second kappa shape index (κ2) is 6.96. The molecule has 1 aliphatic heterocycles. The van der Waals surface area contributed by atoms with Crippen molar-refractivity contribution in [1.82, 2.24) is 4.90 Å². The Hall–Kier alpha value is -2.14. The largest absolute Gasteiger partial charge is 0.423 e. The van der Waals surface area contributed by atoms with E-state index in [-0.39, 0.29) is 11.5 Å². The third-order valence-electron chi connectivity index (χ3n) is 4.24. The first-order chi connectivity index (χ1) is 11.1. The average Bonchev–Trinajstić information content (AvgIpc) is 2.74. The molecule has 0 atom stereocenters. The maximum atomic E-state index is 11.9. The van der Waals surface area contributed by atoms with Crippen molar-refractivity contribution in [3.63, 3.8) is 0 Å². The predicted molar refractivity (Wildman–Crippen MR) is 90.5 cm³/mol. The number of rotatable bonds is 3. The van der Waals surface area contributed by atoms with Crippen molar-refractivity contribution in [2.45, 2.75) is 39.2 Å². The van der Waals surface area contributed by atoms with Crippen LogP contribution >= 0.6 is 0 Å². The minimum atomic E-state index is -0.345. The summed E-state index contributed by atoms with van der Waals surface area (Å²) >= 11 is 0. The molecule has 23 heavy (non-hydrogen) atoms. The van der Waals surface area contributed by atoms with E-state index in [0.29, 0.717) is 11.3 Å². The number of fused-ring (bicyclic) bond motifs is 1. The van der Waals surface area contributed by atoms with Crippen molar-refractivity contribution < 1.29 is 9.21 Å². The highest BCUT2D eigenvalue weighted by Crippen LogP contribution is 2.23. The Bertz CT molecular complexity index is 758. The first-order valence-corrected chi connectivity index (χ1v) is 8.18. The van der Waals surface area contributed by atoms with Crippen molar-refractivity contribution in [1.29, 1.82) is 0 Å². The molecule has 0 spiro atoms. The molecule has 1 N–H and O–H groups in total. The maximum absolute atomic E-state index is 11.9. The Balaban J connectivity index is 1.92. The van der Waals surface area contributed by atoms with Crippen LogP contribution in [-0.2, 0) is 11.3 Å². The monoisotopic (exact) mass is 314 g/mol. The van der Waals surface area contributed by atoms with Crippen LogP contribution in [0.3, 0.4) is 0 Å². The number of amides is 1. The van der Waals surface area contributed by atoms with Crippen LogP contribution in [0.15, 0.2) is 33.5 Å². The summed E-state index contributed by atoms with van der Waals surface area (Å²) in [7, 11) is 0. The zero-order valence-corrected chi connectivity index (χ0v) is 13.4. The first kappa shape index (κ1) is 15.7. The number of hydrogen-bond donors (Lipinski definition) is 1. The van der Waals surface area contributed by atoms with Crippen molar-refractivity contribution in [3.8, 4) is 0 Å². The summed E-state index contributed by atoms with van der Waals surface area (Å²) < 4.78 is 5.31. The summed E-state index contributed by atoms with van der Waals surface area (Å²) in [5, 5.41) is 3.65. The van der Waals surface area contributed by atoms with E-state index in [1.807, 2.05) is 12.1 Å². The molecule has 1 aromatic heterocycles. The molecule has 5 heteroatoms. The van der Waals surface area contributed by atoms with Crippen molar-refractivity contribution in [2.75, 3.05) is 18.4 Å². The number of likely N-dealkylation sites (tertiary alicyclic amines) is 1. The topological polar surface area (TPSA) is 62.6 Å². The van der Waals surface area contributed by atoms with E-state index in [4.69, 9.17) is 4.42 Å². The van der Waals surface area contributed by atoms with Crippen molar-refractivity contribution in [3.05, 3.63) is 40.2 Å². The Morgan fingerprint density at radius 2 is 1.91 bits per heavy atom. The van der Waals surface area contributed by atoms with Crippen LogP contribution in [0.5, 0.6) is 0 Å². The van der Waals surface area contributed by atoms with Gasteiger partial charge in [0.1, 0.15) is 5.58 Å². The van der Waals surface area contributed by atoms with Crippen LogP contribution in [0.2, 0.25) is 0 Å². The molecular weight excluding hydrogens is 292 g/mol. The van der Waals surface area contributed by atoms with Crippen LogP contribution in [0, 0.1) is 0 Å². The molecule has 1 fully saturated rings. The molecule has 3 rings (SSSR count). The van der Waals surface area contributed by atoms with Crippen molar-refractivity contribution >= 4 is 22.6 Å². The molecule has 1 aromatic carbocycles. The van der Waals surface area contributed by atoms with Gasteiger partial charge in [0, 0.05) is 36.7 Å². The van der Waals surface area contributed by atoms with E-state index < -0.39 is 0 Å². The summed E-state index contributed by atoms with van der Waals surface area (Å²) in [5.74, 6) is -0.146. The molecule has 0 bridgehead atoms. The van der Waals surface area contributed by atoms with E-state index in [2.05, 4.69) is 10.2 Å². The number of nitrogens with one attached hydrogen (secondary N) is 1. The number of benzene rings is 1. The van der Waals surface area contributed by atoms with Gasteiger partial charge in [-0.2, -0.15) is 0 Å². The van der Waals surface area contributed by atoms with Gasteiger partial charge >= 0.3 is 5.63 Å². The number of hydrogen-bond acceptors (Lipinski definition) is 4. The lowest BCUT2D eigenvalue weighted by Gasteiger charge is -2.20. The fourth-order valence-corrected chi connectivity index (χ4v) is 3.18. The molecule has 1 saturated heterocycles. The predicted octanol–water partition coefficient (Wildman–Crippen LogP) is 3.13. The second-order valence-corrected chi connectivity index (χ2v) is 6.17. The Morgan fingerprint density at radius 3 is 2.61 bits per heavy atom.